The molecule has 0 radical (unpaired) electrons. The number of nitrogens with zero attached hydrogens (tertiary/aromatic N) is 2. The number of piperazine rings is 1. The summed E-state index contributed by atoms with van der Waals surface area (Å²) in [4.78, 5) is 57.6. The van der Waals surface area contributed by atoms with Crippen molar-refractivity contribution in [3.05, 3.63) is 88.5 Å². The van der Waals surface area contributed by atoms with Crippen molar-refractivity contribution < 1.29 is 29.0 Å². The molecule has 8 heteroatoms. The number of methoxy groups -OCH3 is 1. The molecule has 2 aromatic carbocycles. The number of aliphatic hydroxyl groups excluding tert-OH is 1. The normalized spacial score (nSPS) is 20.8. The van der Waals surface area contributed by atoms with Crippen LogP contribution in [0.3, 0.4) is 0 Å². The number of hydrogen-bond donors (Lipinski definition) is 1. The van der Waals surface area contributed by atoms with Crippen molar-refractivity contribution >= 4 is 23.4 Å². The van der Waals surface area contributed by atoms with Crippen LogP contribution in [0.25, 0.3) is 0 Å². The Hall–Kier alpha value is -4.04. The van der Waals surface area contributed by atoms with Gasteiger partial charge in [-0.2, -0.15) is 0 Å². The fraction of sp³-hybridized carbons (Fsp3) is 0.412. The second kappa shape index (κ2) is 13.3. The number of hydrogen-bond acceptors (Lipinski definition) is 6. The van der Waals surface area contributed by atoms with Crippen LogP contribution in [0.15, 0.2) is 71.8 Å². The Kier molecular flexibility index (Phi) is 9.32. The summed E-state index contributed by atoms with van der Waals surface area (Å²) in [6.07, 6.45) is 8.26. The molecule has 5 rings (SSSR count). The van der Waals surface area contributed by atoms with Gasteiger partial charge in [0, 0.05) is 48.5 Å². The summed E-state index contributed by atoms with van der Waals surface area (Å²) in [5.74, 6) is -0.724. The number of ether oxygens (including phenoxy) is 1. The Bertz CT molecular complexity index is 1280. The minimum atomic E-state index is -0.499. The Labute approximate surface area is 246 Å². The van der Waals surface area contributed by atoms with Gasteiger partial charge in [0.15, 0.2) is 11.6 Å². The summed E-state index contributed by atoms with van der Waals surface area (Å²) >= 11 is 0. The molecule has 1 heterocycles. The molecule has 0 spiro atoms. The Morgan fingerprint density at radius 1 is 0.714 bits per heavy atom. The van der Waals surface area contributed by atoms with E-state index in [0.29, 0.717) is 67.0 Å². The van der Waals surface area contributed by atoms with Crippen molar-refractivity contribution in [3.63, 3.8) is 0 Å². The average Bonchev–Trinajstić information content (AvgIpc) is 3.07. The Balaban J connectivity index is 1.22. The number of aliphatic hydroxyl groups is 1. The van der Waals surface area contributed by atoms with E-state index in [1.165, 1.54) is 0 Å². The quantitative estimate of drug-likeness (QED) is 0.473. The van der Waals surface area contributed by atoms with E-state index in [9.17, 15) is 24.3 Å². The standard InChI is InChI=1S/C34H38N2O6/c1-42-26-16-14-25(15-17-26)32(39)28-7-3-5-9-30(28)34(41)36-20-18-35(19-21-36)33(40)29-8-4-2-6-27(29)31(38)24-12-10-23(22-37)11-13-24/h6-7,10-17,29-30,37H,2-5,8-9,18-22H2,1H3. The van der Waals surface area contributed by atoms with E-state index >= 15 is 0 Å². The Morgan fingerprint density at radius 2 is 1.14 bits per heavy atom. The highest BCUT2D eigenvalue weighted by Crippen LogP contribution is 2.32. The highest BCUT2D eigenvalue weighted by atomic mass is 16.5. The maximum atomic E-state index is 13.7. The monoisotopic (exact) mass is 570 g/mol. The van der Waals surface area contributed by atoms with Crippen LogP contribution in [0.5, 0.6) is 5.75 Å². The lowest BCUT2D eigenvalue weighted by molar-refractivity contribution is -0.143. The lowest BCUT2D eigenvalue weighted by Gasteiger charge is -2.39. The minimum absolute atomic E-state index is 0.0605. The number of Topliss-reactive ketones (excluding diaryl/α,β-unsaturated/α-hetero) is 2. The van der Waals surface area contributed by atoms with E-state index < -0.39 is 11.8 Å². The van der Waals surface area contributed by atoms with Crippen molar-refractivity contribution in [2.75, 3.05) is 33.3 Å². The molecule has 8 nitrogen and oxygen atoms in total. The summed E-state index contributed by atoms with van der Waals surface area (Å²) < 4.78 is 5.20. The van der Waals surface area contributed by atoms with Crippen molar-refractivity contribution in [2.24, 2.45) is 11.8 Å². The minimum Gasteiger partial charge on any atom is -0.497 e. The van der Waals surface area contributed by atoms with Gasteiger partial charge in [-0.25, -0.2) is 0 Å². The number of carbonyl (C=O) groups excluding carboxylic acids is 4. The molecule has 1 N–H and O–H groups in total. The average molecular weight is 571 g/mol. The van der Waals surface area contributed by atoms with Crippen LogP contribution in [0.1, 0.15) is 64.8 Å². The van der Waals surface area contributed by atoms with Crippen LogP contribution in [-0.2, 0) is 16.2 Å². The third kappa shape index (κ3) is 6.23. The molecule has 1 saturated heterocycles. The van der Waals surface area contributed by atoms with E-state index in [-0.39, 0.29) is 30.0 Å². The molecular formula is C34H38N2O6. The van der Waals surface area contributed by atoms with Gasteiger partial charge in [0.05, 0.1) is 25.6 Å². The highest BCUT2D eigenvalue weighted by molar-refractivity contribution is 6.12. The van der Waals surface area contributed by atoms with E-state index in [0.717, 1.165) is 31.2 Å². The van der Waals surface area contributed by atoms with Gasteiger partial charge in [-0.3, -0.25) is 19.2 Å². The van der Waals surface area contributed by atoms with Gasteiger partial charge >= 0.3 is 0 Å². The van der Waals surface area contributed by atoms with E-state index in [4.69, 9.17) is 4.74 Å². The summed E-state index contributed by atoms with van der Waals surface area (Å²) in [5, 5.41) is 9.31. The molecule has 0 aromatic heterocycles. The van der Waals surface area contributed by atoms with Gasteiger partial charge in [-0.1, -0.05) is 36.4 Å². The molecule has 0 bridgehead atoms. The van der Waals surface area contributed by atoms with Crippen molar-refractivity contribution in [2.45, 2.75) is 45.1 Å². The van der Waals surface area contributed by atoms with Crippen molar-refractivity contribution in [1.82, 2.24) is 9.80 Å². The first-order chi connectivity index (χ1) is 20.4. The van der Waals surface area contributed by atoms with Crippen LogP contribution in [-0.4, -0.2) is 71.6 Å². The van der Waals surface area contributed by atoms with Crippen LogP contribution >= 0.6 is 0 Å². The van der Waals surface area contributed by atoms with Gasteiger partial charge < -0.3 is 19.6 Å². The second-order valence-electron chi connectivity index (χ2n) is 11.2. The maximum absolute atomic E-state index is 13.7. The summed E-state index contributed by atoms with van der Waals surface area (Å²) in [5.41, 5.74) is 2.86. The lowest BCUT2D eigenvalue weighted by atomic mass is 9.82. The summed E-state index contributed by atoms with van der Waals surface area (Å²) in [6, 6.07) is 13.8. The lowest BCUT2D eigenvalue weighted by Crippen LogP contribution is -2.54. The fourth-order valence-electron chi connectivity index (χ4n) is 6.19. The number of amides is 2. The van der Waals surface area contributed by atoms with Crippen molar-refractivity contribution in [3.8, 4) is 5.75 Å². The number of carbonyl (C=O) groups is 4. The van der Waals surface area contributed by atoms with Crippen LogP contribution < -0.4 is 4.74 Å². The molecule has 0 saturated carbocycles. The molecule has 2 aromatic rings. The number of allylic oxidation sites excluding steroid dienone is 2. The molecule has 220 valence electrons. The van der Waals surface area contributed by atoms with Gasteiger partial charge in [0.25, 0.3) is 0 Å². The first-order valence-corrected chi connectivity index (χ1v) is 14.8. The number of rotatable bonds is 8. The highest BCUT2D eigenvalue weighted by Gasteiger charge is 2.37. The molecule has 42 heavy (non-hydrogen) atoms. The van der Waals surface area contributed by atoms with E-state index in [1.54, 1.807) is 65.4 Å². The maximum Gasteiger partial charge on any atom is 0.230 e. The molecule has 3 aliphatic rings. The molecule has 2 aliphatic carbocycles. The molecule has 2 atom stereocenters. The zero-order valence-corrected chi connectivity index (χ0v) is 24.1. The fourth-order valence-corrected chi connectivity index (χ4v) is 6.19. The van der Waals surface area contributed by atoms with Gasteiger partial charge in [0.2, 0.25) is 11.8 Å². The third-order valence-corrected chi connectivity index (χ3v) is 8.65. The SMILES string of the molecule is COc1ccc(C(=O)C2=CCCCC2C(=O)N2CCN(C(=O)C3CCCC=C3C(=O)c3ccc(CO)cc3)CC2)cc1. The number of benzene rings is 2. The first-order valence-electron chi connectivity index (χ1n) is 14.8. The summed E-state index contributed by atoms with van der Waals surface area (Å²) in [6.45, 7) is 1.49. The predicted octanol–water partition coefficient (Wildman–Crippen LogP) is 4.38. The van der Waals surface area contributed by atoms with E-state index in [1.807, 2.05) is 12.2 Å². The van der Waals surface area contributed by atoms with Crippen LogP contribution in [0.2, 0.25) is 0 Å². The van der Waals surface area contributed by atoms with Gasteiger partial charge in [-0.05, 0) is 68.4 Å². The predicted molar refractivity (Wildman–Crippen MR) is 158 cm³/mol. The van der Waals surface area contributed by atoms with Gasteiger partial charge in [-0.15, -0.1) is 0 Å². The first kappa shape index (κ1) is 29.5. The van der Waals surface area contributed by atoms with Crippen LogP contribution in [0, 0.1) is 11.8 Å². The molecule has 2 unspecified atom stereocenters. The zero-order valence-electron chi connectivity index (χ0n) is 24.1. The third-order valence-electron chi connectivity index (χ3n) is 8.65. The molecule has 2 amide bonds. The molecule has 1 fully saturated rings. The topological polar surface area (TPSA) is 104 Å². The van der Waals surface area contributed by atoms with E-state index in [2.05, 4.69) is 0 Å². The second-order valence-corrected chi connectivity index (χ2v) is 11.2. The smallest absolute Gasteiger partial charge is 0.230 e. The molecule has 1 aliphatic heterocycles. The van der Waals surface area contributed by atoms with Crippen LogP contribution in [0.4, 0.5) is 0 Å². The van der Waals surface area contributed by atoms with Gasteiger partial charge in [0.1, 0.15) is 5.75 Å². The summed E-state index contributed by atoms with van der Waals surface area (Å²) in [7, 11) is 1.58. The Morgan fingerprint density at radius 3 is 1.55 bits per heavy atom. The molecular weight excluding hydrogens is 532 g/mol. The largest absolute Gasteiger partial charge is 0.497 e. The number of ketones is 2. The van der Waals surface area contributed by atoms with Crippen molar-refractivity contribution in [1.29, 1.82) is 0 Å². The zero-order chi connectivity index (χ0) is 29.6.